The summed E-state index contributed by atoms with van der Waals surface area (Å²) in [6.45, 7) is 4.12. The number of benzene rings is 1. The van der Waals surface area contributed by atoms with Gasteiger partial charge in [0.25, 0.3) is 0 Å². The Labute approximate surface area is 103 Å². The number of alkyl halides is 3. The van der Waals surface area contributed by atoms with Crippen LogP contribution in [0.15, 0.2) is 24.3 Å². The lowest BCUT2D eigenvalue weighted by molar-refractivity contribution is -0.274. The van der Waals surface area contributed by atoms with Crippen molar-refractivity contribution < 1.29 is 17.9 Å². The SMILES string of the molecule is CC1C2CN(c3cccc(OC(F)(F)F)c3)CC12. The van der Waals surface area contributed by atoms with Crippen molar-refractivity contribution in [1.82, 2.24) is 0 Å². The first-order valence-electron chi connectivity index (χ1n) is 6.05. The Bertz CT molecular complexity index is 448. The van der Waals surface area contributed by atoms with Gasteiger partial charge in [0, 0.05) is 24.8 Å². The second-order valence-corrected chi connectivity index (χ2v) is 5.14. The molecule has 2 atom stereocenters. The van der Waals surface area contributed by atoms with Gasteiger partial charge >= 0.3 is 6.36 Å². The maximum Gasteiger partial charge on any atom is 0.573 e. The summed E-state index contributed by atoms with van der Waals surface area (Å²) in [4.78, 5) is 2.14. The first-order chi connectivity index (χ1) is 8.44. The normalized spacial score (nSPS) is 30.2. The summed E-state index contributed by atoms with van der Waals surface area (Å²) in [5.74, 6) is 2.07. The standard InChI is InChI=1S/C13H14F3NO/c1-8-11-6-17(7-12(8)11)9-3-2-4-10(5-9)18-13(14,15)16/h2-5,8,11-12H,6-7H2,1H3. The minimum atomic E-state index is -4.62. The zero-order valence-electron chi connectivity index (χ0n) is 9.95. The van der Waals surface area contributed by atoms with Crippen LogP contribution in [0.3, 0.4) is 0 Å². The molecule has 1 aliphatic carbocycles. The fourth-order valence-corrected chi connectivity index (χ4v) is 2.91. The molecule has 0 spiro atoms. The highest BCUT2D eigenvalue weighted by molar-refractivity contribution is 5.52. The lowest BCUT2D eigenvalue weighted by Crippen LogP contribution is -2.23. The van der Waals surface area contributed by atoms with Gasteiger partial charge in [0.15, 0.2) is 0 Å². The monoisotopic (exact) mass is 257 g/mol. The number of anilines is 1. The molecule has 1 aliphatic heterocycles. The third-order valence-electron chi connectivity index (χ3n) is 4.04. The molecule has 0 N–H and O–H groups in total. The van der Waals surface area contributed by atoms with Crippen LogP contribution in [0, 0.1) is 17.8 Å². The number of ether oxygens (including phenoxy) is 1. The fourth-order valence-electron chi connectivity index (χ4n) is 2.91. The van der Waals surface area contributed by atoms with Gasteiger partial charge in [-0.25, -0.2) is 0 Å². The zero-order valence-corrected chi connectivity index (χ0v) is 9.95. The summed E-state index contributed by atoms with van der Waals surface area (Å²) in [6, 6.07) is 6.22. The van der Waals surface area contributed by atoms with E-state index in [1.807, 2.05) is 6.07 Å². The minimum Gasteiger partial charge on any atom is -0.406 e. The van der Waals surface area contributed by atoms with Crippen molar-refractivity contribution in [3.05, 3.63) is 24.3 Å². The van der Waals surface area contributed by atoms with Crippen molar-refractivity contribution in [2.75, 3.05) is 18.0 Å². The molecule has 5 heteroatoms. The molecule has 2 aliphatic rings. The van der Waals surface area contributed by atoms with Gasteiger partial charge in [0.1, 0.15) is 5.75 Å². The number of hydrogen-bond donors (Lipinski definition) is 0. The molecule has 1 heterocycles. The topological polar surface area (TPSA) is 12.5 Å². The highest BCUT2D eigenvalue weighted by Gasteiger charge is 2.52. The molecule has 2 fully saturated rings. The maximum atomic E-state index is 12.1. The predicted octanol–water partition coefficient (Wildman–Crippen LogP) is 3.29. The Morgan fingerprint density at radius 2 is 1.89 bits per heavy atom. The molecule has 3 rings (SSSR count). The van der Waals surface area contributed by atoms with E-state index in [1.165, 1.54) is 12.1 Å². The molecule has 1 aromatic rings. The van der Waals surface area contributed by atoms with Crippen LogP contribution in [0.25, 0.3) is 0 Å². The van der Waals surface area contributed by atoms with Gasteiger partial charge in [-0.3, -0.25) is 0 Å². The van der Waals surface area contributed by atoms with Gasteiger partial charge in [-0.2, -0.15) is 0 Å². The van der Waals surface area contributed by atoms with Gasteiger partial charge < -0.3 is 9.64 Å². The highest BCUT2D eigenvalue weighted by atomic mass is 19.4. The van der Waals surface area contributed by atoms with E-state index in [9.17, 15) is 13.2 Å². The van der Waals surface area contributed by atoms with Crippen molar-refractivity contribution >= 4 is 5.69 Å². The summed E-state index contributed by atoms with van der Waals surface area (Å²) in [7, 11) is 0. The summed E-state index contributed by atoms with van der Waals surface area (Å²) in [5.41, 5.74) is 0.816. The van der Waals surface area contributed by atoms with E-state index in [1.54, 1.807) is 6.07 Å². The lowest BCUT2D eigenvalue weighted by atomic mass is 10.2. The molecule has 0 aromatic heterocycles. The fraction of sp³-hybridized carbons (Fsp3) is 0.538. The number of hydrogen-bond acceptors (Lipinski definition) is 2. The number of rotatable bonds is 2. The third kappa shape index (κ3) is 2.13. The molecule has 2 unspecified atom stereocenters. The van der Waals surface area contributed by atoms with Crippen LogP contribution < -0.4 is 9.64 Å². The molecule has 0 amide bonds. The van der Waals surface area contributed by atoms with E-state index in [4.69, 9.17) is 0 Å². The van der Waals surface area contributed by atoms with E-state index < -0.39 is 6.36 Å². The molecule has 1 saturated heterocycles. The summed E-state index contributed by atoms with van der Waals surface area (Å²) in [6.07, 6.45) is -4.62. The summed E-state index contributed by atoms with van der Waals surface area (Å²) < 4.78 is 40.3. The average molecular weight is 257 g/mol. The Morgan fingerprint density at radius 1 is 1.22 bits per heavy atom. The largest absolute Gasteiger partial charge is 0.573 e. The molecular formula is C13H14F3NO. The molecule has 98 valence electrons. The number of fused-ring (bicyclic) bond motifs is 1. The van der Waals surface area contributed by atoms with Gasteiger partial charge in [0.2, 0.25) is 0 Å². The van der Waals surface area contributed by atoms with Crippen LogP contribution in [-0.4, -0.2) is 19.5 Å². The Balaban J connectivity index is 1.72. The Hall–Kier alpha value is -1.39. The van der Waals surface area contributed by atoms with Crippen molar-refractivity contribution in [1.29, 1.82) is 0 Å². The second-order valence-electron chi connectivity index (χ2n) is 5.14. The van der Waals surface area contributed by atoms with Gasteiger partial charge in [-0.15, -0.1) is 13.2 Å². The second kappa shape index (κ2) is 3.80. The zero-order chi connectivity index (χ0) is 12.9. The molecule has 0 bridgehead atoms. The van der Waals surface area contributed by atoms with Gasteiger partial charge in [0.05, 0.1) is 0 Å². The predicted molar refractivity (Wildman–Crippen MR) is 61.5 cm³/mol. The van der Waals surface area contributed by atoms with Crippen LogP contribution in [0.5, 0.6) is 5.75 Å². The number of piperidine rings is 1. The smallest absolute Gasteiger partial charge is 0.406 e. The van der Waals surface area contributed by atoms with Crippen molar-refractivity contribution in [2.24, 2.45) is 17.8 Å². The first kappa shape index (κ1) is 11.7. The van der Waals surface area contributed by atoms with Crippen molar-refractivity contribution in [2.45, 2.75) is 13.3 Å². The first-order valence-corrected chi connectivity index (χ1v) is 6.05. The van der Waals surface area contributed by atoms with E-state index in [0.717, 1.165) is 36.5 Å². The van der Waals surface area contributed by atoms with Gasteiger partial charge in [-0.1, -0.05) is 13.0 Å². The van der Waals surface area contributed by atoms with E-state index in [0.29, 0.717) is 0 Å². The van der Waals surface area contributed by atoms with E-state index in [2.05, 4.69) is 16.6 Å². The molecule has 0 radical (unpaired) electrons. The summed E-state index contributed by atoms with van der Waals surface area (Å²) >= 11 is 0. The molecule has 1 aromatic carbocycles. The summed E-state index contributed by atoms with van der Waals surface area (Å²) in [5, 5.41) is 0. The highest BCUT2D eigenvalue weighted by Crippen LogP contribution is 2.52. The van der Waals surface area contributed by atoms with Crippen molar-refractivity contribution in [3.63, 3.8) is 0 Å². The number of nitrogens with zero attached hydrogens (tertiary/aromatic N) is 1. The van der Waals surface area contributed by atoms with Crippen LogP contribution in [-0.2, 0) is 0 Å². The quantitative estimate of drug-likeness (QED) is 0.806. The van der Waals surface area contributed by atoms with E-state index >= 15 is 0 Å². The molecular weight excluding hydrogens is 243 g/mol. The molecule has 2 nitrogen and oxygen atoms in total. The lowest BCUT2D eigenvalue weighted by Gasteiger charge is -2.22. The van der Waals surface area contributed by atoms with Crippen LogP contribution in [0.2, 0.25) is 0 Å². The number of halogens is 3. The van der Waals surface area contributed by atoms with Gasteiger partial charge in [-0.05, 0) is 29.9 Å². The van der Waals surface area contributed by atoms with E-state index in [-0.39, 0.29) is 5.75 Å². The Morgan fingerprint density at radius 3 is 2.50 bits per heavy atom. The molecule has 18 heavy (non-hydrogen) atoms. The third-order valence-corrected chi connectivity index (χ3v) is 4.04. The Kier molecular flexibility index (Phi) is 2.47. The average Bonchev–Trinajstić information content (AvgIpc) is 2.74. The molecule has 1 saturated carbocycles. The van der Waals surface area contributed by atoms with Crippen LogP contribution in [0.4, 0.5) is 18.9 Å². The van der Waals surface area contributed by atoms with Crippen molar-refractivity contribution in [3.8, 4) is 5.75 Å². The maximum absolute atomic E-state index is 12.1. The van der Waals surface area contributed by atoms with Crippen LogP contribution >= 0.6 is 0 Å². The van der Waals surface area contributed by atoms with Crippen LogP contribution in [0.1, 0.15) is 6.92 Å². The minimum absolute atomic E-state index is 0.145.